The minimum atomic E-state index is -0.384. The lowest BCUT2D eigenvalue weighted by atomic mass is 9.52. The van der Waals surface area contributed by atoms with Crippen LogP contribution < -0.4 is 0 Å². The topological polar surface area (TPSA) is 46.5 Å². The molecule has 3 aliphatic carbocycles. The molecule has 0 aromatic rings. The molecule has 0 bridgehead atoms. The van der Waals surface area contributed by atoms with Crippen LogP contribution in [0.4, 0.5) is 0 Å². The number of carbonyl (C=O) groups is 1. The van der Waals surface area contributed by atoms with Crippen molar-refractivity contribution in [3.05, 3.63) is 0 Å². The molecule has 7 atom stereocenters. The van der Waals surface area contributed by atoms with Crippen LogP contribution in [0, 0.1) is 35.0 Å². The van der Waals surface area contributed by atoms with Gasteiger partial charge in [-0.3, -0.25) is 4.79 Å². The van der Waals surface area contributed by atoms with Crippen molar-refractivity contribution in [2.24, 2.45) is 35.0 Å². The Balaban J connectivity index is 1.66. The van der Waals surface area contributed by atoms with Gasteiger partial charge in [-0.25, -0.2) is 0 Å². The lowest BCUT2D eigenvalue weighted by Gasteiger charge is -2.53. The highest BCUT2D eigenvalue weighted by molar-refractivity contribution is 5.69. The molecule has 0 heterocycles. The Morgan fingerprint density at radius 2 is 1.84 bits per heavy atom. The molecule has 144 valence electrons. The average Bonchev–Trinajstić information content (AvgIpc) is 2.80. The molecule has 3 aliphatic rings. The first-order chi connectivity index (χ1) is 11.6. The van der Waals surface area contributed by atoms with Gasteiger partial charge in [0.2, 0.25) is 0 Å². The molecule has 0 radical (unpaired) electrons. The van der Waals surface area contributed by atoms with Crippen molar-refractivity contribution in [3.63, 3.8) is 0 Å². The highest BCUT2D eigenvalue weighted by atomic mass is 16.6. The largest absolute Gasteiger partial charge is 0.460 e. The molecule has 3 heteroatoms. The van der Waals surface area contributed by atoms with Crippen LogP contribution in [0.3, 0.4) is 0 Å². The maximum absolute atomic E-state index is 12.2. The minimum absolute atomic E-state index is 0.0428. The summed E-state index contributed by atoms with van der Waals surface area (Å²) in [5.74, 6) is 3.51. The molecular formula is C22H38O3. The van der Waals surface area contributed by atoms with Crippen LogP contribution >= 0.6 is 0 Å². The van der Waals surface area contributed by atoms with E-state index in [9.17, 15) is 9.90 Å². The Labute approximate surface area is 153 Å². The maximum Gasteiger partial charge on any atom is 0.306 e. The summed E-state index contributed by atoms with van der Waals surface area (Å²) in [6.07, 6.45) is 8.62. The lowest BCUT2D eigenvalue weighted by molar-refractivity contribution is -0.155. The molecule has 3 saturated carbocycles. The fourth-order valence-corrected chi connectivity index (χ4v) is 6.50. The second kappa shape index (κ2) is 6.87. The highest BCUT2D eigenvalue weighted by Gasteiger charge is 2.55. The highest BCUT2D eigenvalue weighted by Crippen LogP contribution is 2.61. The zero-order valence-electron chi connectivity index (χ0n) is 16.9. The molecule has 0 aromatic carbocycles. The molecule has 3 rings (SSSR count). The summed E-state index contributed by atoms with van der Waals surface area (Å²) < 4.78 is 5.53. The first-order valence-electron chi connectivity index (χ1n) is 10.5. The summed E-state index contributed by atoms with van der Waals surface area (Å²) in [7, 11) is 0. The molecular weight excluding hydrogens is 312 g/mol. The van der Waals surface area contributed by atoms with Crippen LogP contribution in [-0.2, 0) is 9.53 Å². The van der Waals surface area contributed by atoms with Gasteiger partial charge in [0.25, 0.3) is 0 Å². The number of esters is 1. The monoisotopic (exact) mass is 350 g/mol. The van der Waals surface area contributed by atoms with Crippen LogP contribution in [0.2, 0.25) is 0 Å². The number of aliphatic hydroxyl groups excluding tert-OH is 1. The molecule has 1 N–H and O–H groups in total. The third kappa shape index (κ3) is 3.77. The number of rotatable bonds is 3. The number of hydrogen-bond donors (Lipinski definition) is 1. The molecule has 0 aliphatic heterocycles. The van der Waals surface area contributed by atoms with Crippen LogP contribution in [-0.4, -0.2) is 22.8 Å². The number of carbonyl (C=O) groups excluding carboxylic acids is 1. The van der Waals surface area contributed by atoms with Crippen molar-refractivity contribution in [2.45, 2.75) is 97.7 Å². The molecule has 0 saturated heterocycles. The summed E-state index contributed by atoms with van der Waals surface area (Å²) in [5, 5.41) is 10.5. The van der Waals surface area contributed by atoms with Gasteiger partial charge in [-0.05, 0) is 94.3 Å². The smallest absolute Gasteiger partial charge is 0.306 e. The van der Waals surface area contributed by atoms with E-state index in [1.54, 1.807) is 0 Å². The van der Waals surface area contributed by atoms with Gasteiger partial charge in [-0.2, -0.15) is 0 Å². The van der Waals surface area contributed by atoms with Crippen LogP contribution in [0.25, 0.3) is 0 Å². The summed E-state index contributed by atoms with van der Waals surface area (Å²) in [5.41, 5.74) is -0.234. The number of aliphatic hydroxyl groups is 1. The van der Waals surface area contributed by atoms with E-state index in [4.69, 9.17) is 4.74 Å². The molecule has 3 fully saturated rings. The fraction of sp³-hybridized carbons (Fsp3) is 0.955. The Kier molecular flexibility index (Phi) is 5.27. The lowest BCUT2D eigenvalue weighted by Crippen LogP contribution is -2.48. The third-order valence-corrected chi connectivity index (χ3v) is 7.78. The van der Waals surface area contributed by atoms with E-state index >= 15 is 0 Å². The SMILES string of the molecule is CC1CCC2C(CCC3(C)C(O)CCC23)C1CCC(=O)OC(C)(C)C. The molecule has 0 aromatic heterocycles. The summed E-state index contributed by atoms with van der Waals surface area (Å²) in [6, 6.07) is 0. The molecule has 25 heavy (non-hydrogen) atoms. The number of fused-ring (bicyclic) bond motifs is 3. The van der Waals surface area contributed by atoms with Crippen LogP contribution in [0.5, 0.6) is 0 Å². The van der Waals surface area contributed by atoms with Crippen molar-refractivity contribution in [1.29, 1.82) is 0 Å². The molecule has 7 unspecified atom stereocenters. The van der Waals surface area contributed by atoms with Gasteiger partial charge in [0.05, 0.1) is 6.10 Å². The van der Waals surface area contributed by atoms with Crippen molar-refractivity contribution in [1.82, 2.24) is 0 Å². The van der Waals surface area contributed by atoms with Gasteiger partial charge < -0.3 is 9.84 Å². The first kappa shape index (κ1) is 19.2. The summed E-state index contributed by atoms with van der Waals surface area (Å²) in [4.78, 5) is 12.2. The van der Waals surface area contributed by atoms with Gasteiger partial charge in [0.1, 0.15) is 5.60 Å². The maximum atomic E-state index is 12.2. The van der Waals surface area contributed by atoms with Crippen molar-refractivity contribution in [2.75, 3.05) is 0 Å². The van der Waals surface area contributed by atoms with Crippen LogP contribution in [0.1, 0.15) is 86.0 Å². The predicted octanol–water partition coefficient (Wildman–Crippen LogP) is 4.96. The van der Waals surface area contributed by atoms with E-state index in [0.29, 0.717) is 24.2 Å². The van der Waals surface area contributed by atoms with Crippen molar-refractivity contribution < 1.29 is 14.6 Å². The number of ether oxygens (including phenoxy) is 1. The Morgan fingerprint density at radius 1 is 1.12 bits per heavy atom. The van der Waals surface area contributed by atoms with E-state index in [0.717, 1.165) is 31.1 Å². The quantitative estimate of drug-likeness (QED) is 0.732. The predicted molar refractivity (Wildman–Crippen MR) is 100 cm³/mol. The number of hydrogen-bond acceptors (Lipinski definition) is 3. The fourth-order valence-electron chi connectivity index (χ4n) is 6.50. The van der Waals surface area contributed by atoms with E-state index in [2.05, 4.69) is 13.8 Å². The Bertz CT molecular complexity index is 494. The Morgan fingerprint density at radius 3 is 2.52 bits per heavy atom. The van der Waals surface area contributed by atoms with Gasteiger partial charge in [-0.15, -0.1) is 0 Å². The second-order valence-electron chi connectivity index (χ2n) is 10.4. The minimum Gasteiger partial charge on any atom is -0.460 e. The van der Waals surface area contributed by atoms with E-state index in [1.165, 1.54) is 25.7 Å². The normalized spacial score (nSPS) is 44.1. The van der Waals surface area contributed by atoms with Gasteiger partial charge in [-0.1, -0.05) is 20.3 Å². The summed E-state index contributed by atoms with van der Waals surface area (Å²) in [6.45, 7) is 10.5. The van der Waals surface area contributed by atoms with E-state index < -0.39 is 0 Å². The van der Waals surface area contributed by atoms with Crippen molar-refractivity contribution >= 4 is 5.97 Å². The zero-order chi connectivity index (χ0) is 18.4. The average molecular weight is 351 g/mol. The standard InChI is InChI=1S/C22H38O3/c1-14-6-7-17-16(12-13-22(5)18(17)9-10-19(22)23)15(14)8-11-20(24)25-21(2,3)4/h14-19,23H,6-13H2,1-5H3. The van der Waals surface area contributed by atoms with Crippen LogP contribution in [0.15, 0.2) is 0 Å². The molecule has 0 amide bonds. The molecule has 3 nitrogen and oxygen atoms in total. The van der Waals surface area contributed by atoms with E-state index in [1.807, 2.05) is 20.8 Å². The van der Waals surface area contributed by atoms with Gasteiger partial charge in [0, 0.05) is 6.42 Å². The Hall–Kier alpha value is -0.570. The molecule has 0 spiro atoms. The third-order valence-electron chi connectivity index (χ3n) is 7.78. The second-order valence-corrected chi connectivity index (χ2v) is 10.4. The zero-order valence-corrected chi connectivity index (χ0v) is 16.9. The summed E-state index contributed by atoms with van der Waals surface area (Å²) >= 11 is 0. The van der Waals surface area contributed by atoms with E-state index in [-0.39, 0.29) is 23.1 Å². The van der Waals surface area contributed by atoms with Gasteiger partial charge >= 0.3 is 5.97 Å². The first-order valence-corrected chi connectivity index (χ1v) is 10.5. The van der Waals surface area contributed by atoms with Gasteiger partial charge in [0.15, 0.2) is 0 Å². The van der Waals surface area contributed by atoms with Crippen molar-refractivity contribution in [3.8, 4) is 0 Å².